The van der Waals surface area contributed by atoms with Gasteiger partial charge in [0.05, 0.1) is 5.69 Å². The highest BCUT2D eigenvalue weighted by Gasteiger charge is 2.25. The van der Waals surface area contributed by atoms with Gasteiger partial charge in [-0.2, -0.15) is 4.98 Å². The Bertz CT molecular complexity index is 734. The molecule has 1 aliphatic carbocycles. The molecule has 1 unspecified atom stereocenters. The quantitative estimate of drug-likeness (QED) is 0.737. The fourth-order valence-electron chi connectivity index (χ4n) is 3.15. The van der Waals surface area contributed by atoms with Gasteiger partial charge in [-0.25, -0.2) is 4.79 Å². The van der Waals surface area contributed by atoms with Crippen molar-refractivity contribution in [2.24, 2.45) is 11.7 Å². The number of anilines is 1. The molecule has 0 radical (unpaired) electrons. The van der Waals surface area contributed by atoms with E-state index in [-0.39, 0.29) is 11.5 Å². The van der Waals surface area contributed by atoms with Gasteiger partial charge in [-0.1, -0.05) is 12.1 Å². The van der Waals surface area contributed by atoms with E-state index in [1.54, 1.807) is 12.3 Å². The Morgan fingerprint density at radius 3 is 2.62 bits per heavy atom. The number of nitrogens with zero attached hydrogens (tertiary/aromatic N) is 2. The second kappa shape index (κ2) is 7.15. The van der Waals surface area contributed by atoms with Crippen LogP contribution in [0.1, 0.15) is 25.3 Å². The lowest BCUT2D eigenvalue weighted by Crippen LogP contribution is -2.43. The predicted molar refractivity (Wildman–Crippen MR) is 96.1 cm³/mol. The second-order valence-corrected chi connectivity index (χ2v) is 6.78. The number of hydrogen-bond acceptors (Lipinski definition) is 5. The molecule has 1 aromatic heterocycles. The Labute approximate surface area is 141 Å². The zero-order valence-corrected chi connectivity index (χ0v) is 14.0. The maximum absolute atomic E-state index is 11.9. The molecule has 0 aliphatic heterocycles. The van der Waals surface area contributed by atoms with Crippen LogP contribution >= 0.6 is 0 Å². The summed E-state index contributed by atoms with van der Waals surface area (Å²) in [4.78, 5) is 15.6. The summed E-state index contributed by atoms with van der Waals surface area (Å²) in [7, 11) is 0. The molecule has 1 aliphatic rings. The average molecular weight is 327 g/mol. The maximum Gasteiger partial charge on any atom is 0.354 e. The minimum Gasteiger partial charge on any atom is -0.383 e. The molecule has 2 aromatic rings. The van der Waals surface area contributed by atoms with Gasteiger partial charge in [-0.3, -0.25) is 4.57 Å². The molecule has 6 nitrogen and oxygen atoms in total. The molecule has 1 atom stereocenters. The van der Waals surface area contributed by atoms with Gasteiger partial charge in [-0.15, -0.1) is 0 Å². The van der Waals surface area contributed by atoms with Crippen molar-refractivity contribution >= 4 is 5.82 Å². The molecule has 3 rings (SSSR count). The Kier molecular flexibility index (Phi) is 4.97. The fraction of sp³-hybridized carbons (Fsp3) is 0.444. The van der Waals surface area contributed by atoms with E-state index in [1.165, 1.54) is 10.1 Å². The number of rotatable bonds is 6. The minimum atomic E-state index is -0.364. The largest absolute Gasteiger partial charge is 0.383 e. The third-order valence-electron chi connectivity index (χ3n) is 4.61. The van der Waals surface area contributed by atoms with Crippen molar-refractivity contribution in [3.8, 4) is 5.69 Å². The summed E-state index contributed by atoms with van der Waals surface area (Å²) in [5, 5.41) is 3.58. The van der Waals surface area contributed by atoms with Crippen LogP contribution < -0.4 is 22.5 Å². The zero-order chi connectivity index (χ0) is 17.1. The van der Waals surface area contributed by atoms with Gasteiger partial charge in [0, 0.05) is 18.3 Å². The Balaban J connectivity index is 1.57. The van der Waals surface area contributed by atoms with Gasteiger partial charge in [-0.05, 0) is 62.4 Å². The van der Waals surface area contributed by atoms with Crippen molar-refractivity contribution in [2.45, 2.75) is 38.3 Å². The molecular formula is C18H25N5O. The van der Waals surface area contributed by atoms with E-state index in [9.17, 15) is 4.79 Å². The van der Waals surface area contributed by atoms with Gasteiger partial charge in [0.1, 0.15) is 5.82 Å². The van der Waals surface area contributed by atoms with Gasteiger partial charge in [0.2, 0.25) is 0 Å². The van der Waals surface area contributed by atoms with Crippen molar-refractivity contribution in [3.63, 3.8) is 0 Å². The van der Waals surface area contributed by atoms with Gasteiger partial charge >= 0.3 is 5.69 Å². The van der Waals surface area contributed by atoms with Crippen LogP contribution in [0.4, 0.5) is 5.82 Å². The average Bonchev–Trinajstić information content (AvgIpc) is 2.51. The molecule has 24 heavy (non-hydrogen) atoms. The molecule has 0 amide bonds. The van der Waals surface area contributed by atoms with E-state index in [1.807, 2.05) is 12.1 Å². The lowest BCUT2D eigenvalue weighted by Gasteiger charge is -2.33. The number of hydrogen-bond donors (Lipinski definition) is 3. The van der Waals surface area contributed by atoms with E-state index < -0.39 is 0 Å². The van der Waals surface area contributed by atoms with Gasteiger partial charge < -0.3 is 16.8 Å². The Hall–Kier alpha value is -2.18. The number of nitrogens with two attached hydrogens (primary N) is 2. The van der Waals surface area contributed by atoms with Crippen LogP contribution in [0, 0.1) is 5.92 Å². The van der Waals surface area contributed by atoms with Crippen LogP contribution in [0.5, 0.6) is 0 Å². The number of nitrogen functional groups attached to an aromatic ring is 1. The zero-order valence-electron chi connectivity index (χ0n) is 14.0. The topological polar surface area (TPSA) is 99.0 Å². The highest BCUT2D eigenvalue weighted by Crippen LogP contribution is 2.24. The molecule has 6 heteroatoms. The SMILES string of the molecule is CC(Cc1ccc(-n2ccc(N)nc2=O)cc1)NC[C@H]1C[C@@H](N)C1. The summed E-state index contributed by atoms with van der Waals surface area (Å²) in [5.41, 5.74) is 13.0. The van der Waals surface area contributed by atoms with Crippen molar-refractivity contribution in [2.75, 3.05) is 12.3 Å². The van der Waals surface area contributed by atoms with Crippen molar-refractivity contribution < 1.29 is 0 Å². The van der Waals surface area contributed by atoms with E-state index in [2.05, 4.69) is 29.4 Å². The van der Waals surface area contributed by atoms with Crippen LogP contribution in [-0.2, 0) is 6.42 Å². The van der Waals surface area contributed by atoms with E-state index in [0.717, 1.165) is 37.4 Å². The van der Waals surface area contributed by atoms with Crippen LogP contribution in [0.3, 0.4) is 0 Å². The standard InChI is InChI=1S/C18H25N5O/c1-12(21-11-14-9-15(19)10-14)8-13-2-4-16(5-3-13)23-7-6-17(20)22-18(23)24/h2-7,12,14-15,21H,8-11,19H2,1H3,(H2,20,22,24)/t12?,14-,15+. The molecule has 128 valence electrons. The molecule has 0 saturated heterocycles. The van der Waals surface area contributed by atoms with Crippen LogP contribution in [-0.4, -0.2) is 28.2 Å². The van der Waals surface area contributed by atoms with E-state index in [4.69, 9.17) is 11.5 Å². The summed E-state index contributed by atoms with van der Waals surface area (Å²) >= 11 is 0. The Morgan fingerprint density at radius 2 is 2.00 bits per heavy atom. The molecule has 1 saturated carbocycles. The smallest absolute Gasteiger partial charge is 0.354 e. The van der Waals surface area contributed by atoms with Crippen LogP contribution in [0.25, 0.3) is 5.69 Å². The highest BCUT2D eigenvalue weighted by molar-refractivity contribution is 5.36. The van der Waals surface area contributed by atoms with Crippen molar-refractivity contribution in [3.05, 3.63) is 52.6 Å². The van der Waals surface area contributed by atoms with Gasteiger partial charge in [0.15, 0.2) is 0 Å². The second-order valence-electron chi connectivity index (χ2n) is 6.78. The summed E-state index contributed by atoms with van der Waals surface area (Å²) in [6, 6.07) is 10.4. The van der Waals surface area contributed by atoms with E-state index >= 15 is 0 Å². The summed E-state index contributed by atoms with van der Waals surface area (Å²) in [5.74, 6) is 0.968. The first-order chi connectivity index (χ1) is 11.5. The van der Waals surface area contributed by atoms with Crippen molar-refractivity contribution in [1.82, 2.24) is 14.9 Å². The molecule has 0 spiro atoms. The lowest BCUT2D eigenvalue weighted by molar-refractivity contribution is 0.249. The summed E-state index contributed by atoms with van der Waals surface area (Å²) < 4.78 is 1.49. The first kappa shape index (κ1) is 16.7. The highest BCUT2D eigenvalue weighted by atomic mass is 16.1. The Morgan fingerprint density at radius 1 is 1.29 bits per heavy atom. The number of aromatic nitrogens is 2. The maximum atomic E-state index is 11.9. The molecule has 1 heterocycles. The van der Waals surface area contributed by atoms with E-state index in [0.29, 0.717) is 12.1 Å². The third kappa shape index (κ3) is 4.01. The van der Waals surface area contributed by atoms with Crippen molar-refractivity contribution in [1.29, 1.82) is 0 Å². The minimum absolute atomic E-state index is 0.236. The predicted octanol–water partition coefficient (Wildman–Crippen LogP) is 1.07. The first-order valence-electron chi connectivity index (χ1n) is 8.44. The molecule has 1 fully saturated rings. The normalized spacial score (nSPS) is 21.2. The summed E-state index contributed by atoms with van der Waals surface area (Å²) in [6.07, 6.45) is 4.87. The molecule has 5 N–H and O–H groups in total. The number of benzene rings is 1. The first-order valence-corrected chi connectivity index (χ1v) is 8.44. The molecular weight excluding hydrogens is 302 g/mol. The lowest BCUT2D eigenvalue weighted by atomic mass is 9.81. The van der Waals surface area contributed by atoms with Gasteiger partial charge in [0.25, 0.3) is 0 Å². The van der Waals surface area contributed by atoms with Crippen LogP contribution in [0.15, 0.2) is 41.3 Å². The molecule has 0 bridgehead atoms. The van der Waals surface area contributed by atoms with Crippen LogP contribution in [0.2, 0.25) is 0 Å². The molecule has 1 aromatic carbocycles. The number of nitrogens with one attached hydrogen (secondary N) is 1. The monoisotopic (exact) mass is 327 g/mol. The fourth-order valence-corrected chi connectivity index (χ4v) is 3.15. The summed E-state index contributed by atoms with van der Waals surface area (Å²) in [6.45, 7) is 3.24. The third-order valence-corrected chi connectivity index (χ3v) is 4.61.